The summed E-state index contributed by atoms with van der Waals surface area (Å²) in [5.41, 5.74) is 3.74. The fourth-order valence-corrected chi connectivity index (χ4v) is 2.32. The van der Waals surface area contributed by atoms with Crippen molar-refractivity contribution in [3.8, 4) is 11.5 Å². The minimum Gasteiger partial charge on any atom is -0.493 e. The van der Waals surface area contributed by atoms with E-state index in [1.807, 2.05) is 32.0 Å². The highest BCUT2D eigenvalue weighted by Crippen LogP contribution is 2.37. The fraction of sp³-hybridized carbons (Fsp3) is 0.263. The third-order valence-electron chi connectivity index (χ3n) is 3.56. The van der Waals surface area contributed by atoms with E-state index in [2.05, 4.69) is 15.8 Å². The van der Waals surface area contributed by atoms with Crippen LogP contribution in [0.25, 0.3) is 0 Å². The number of para-hydroxylation sites is 1. The summed E-state index contributed by atoms with van der Waals surface area (Å²) in [5, 5.41) is 7.00. The molecule has 2 aromatic carbocycles. The molecule has 0 aliphatic rings. The van der Waals surface area contributed by atoms with Crippen LogP contribution in [0.2, 0.25) is 5.02 Å². The van der Waals surface area contributed by atoms with Crippen molar-refractivity contribution in [1.82, 2.24) is 5.43 Å². The standard InChI is InChI=1S/C19H22ClN3O3/c1-4-13(2)26-18-16(20)10-14(11-17(18)25-3)12-21-23-19(24)22-15-8-6-5-7-9-15/h5-13H,4H2,1-3H3,(H2,22,23,24)/b21-12+/t13-/m0/s1. The Hall–Kier alpha value is -2.73. The summed E-state index contributed by atoms with van der Waals surface area (Å²) in [5.74, 6) is 1.00. The Morgan fingerprint density at radius 2 is 2.04 bits per heavy atom. The first-order valence-electron chi connectivity index (χ1n) is 8.22. The second-order valence-electron chi connectivity index (χ2n) is 5.56. The van der Waals surface area contributed by atoms with E-state index in [0.29, 0.717) is 27.8 Å². The number of hydrogen-bond donors (Lipinski definition) is 2. The van der Waals surface area contributed by atoms with Crippen LogP contribution >= 0.6 is 11.6 Å². The topological polar surface area (TPSA) is 72.0 Å². The zero-order valence-corrected chi connectivity index (χ0v) is 15.7. The van der Waals surface area contributed by atoms with Gasteiger partial charge in [0.15, 0.2) is 11.5 Å². The van der Waals surface area contributed by atoms with Crippen molar-refractivity contribution in [3.05, 3.63) is 53.1 Å². The van der Waals surface area contributed by atoms with Gasteiger partial charge >= 0.3 is 6.03 Å². The van der Waals surface area contributed by atoms with E-state index < -0.39 is 6.03 Å². The van der Waals surface area contributed by atoms with E-state index in [4.69, 9.17) is 21.1 Å². The predicted molar refractivity (Wildman–Crippen MR) is 105 cm³/mol. The summed E-state index contributed by atoms with van der Waals surface area (Å²) in [6.07, 6.45) is 2.35. The predicted octanol–water partition coefficient (Wildman–Crippen LogP) is 4.68. The first kappa shape index (κ1) is 19.6. The number of nitrogens with one attached hydrogen (secondary N) is 2. The van der Waals surface area contributed by atoms with Gasteiger partial charge in [-0.3, -0.25) is 0 Å². The maximum atomic E-state index is 11.8. The Bertz CT molecular complexity index is 766. The number of amides is 2. The number of carbonyl (C=O) groups excluding carboxylic acids is 1. The third kappa shape index (κ3) is 5.67. The molecule has 0 radical (unpaired) electrons. The molecule has 0 spiro atoms. The van der Waals surface area contributed by atoms with Gasteiger partial charge < -0.3 is 14.8 Å². The molecular weight excluding hydrogens is 354 g/mol. The van der Waals surface area contributed by atoms with Crippen molar-refractivity contribution in [2.45, 2.75) is 26.4 Å². The molecule has 0 aliphatic heterocycles. The zero-order valence-electron chi connectivity index (χ0n) is 15.0. The van der Waals surface area contributed by atoms with Gasteiger partial charge in [0.2, 0.25) is 0 Å². The van der Waals surface area contributed by atoms with E-state index in [-0.39, 0.29) is 6.10 Å². The molecule has 0 heterocycles. The number of rotatable bonds is 7. The molecule has 2 rings (SSSR count). The zero-order chi connectivity index (χ0) is 18.9. The first-order valence-corrected chi connectivity index (χ1v) is 8.60. The molecule has 6 nitrogen and oxygen atoms in total. The maximum Gasteiger partial charge on any atom is 0.339 e. The van der Waals surface area contributed by atoms with Crippen LogP contribution < -0.4 is 20.2 Å². The molecule has 0 unspecified atom stereocenters. The van der Waals surface area contributed by atoms with Crippen molar-refractivity contribution in [2.24, 2.45) is 5.10 Å². The van der Waals surface area contributed by atoms with Gasteiger partial charge in [-0.2, -0.15) is 5.10 Å². The molecule has 138 valence electrons. The molecule has 1 atom stereocenters. The van der Waals surface area contributed by atoms with E-state index >= 15 is 0 Å². The molecular formula is C19H22ClN3O3. The third-order valence-corrected chi connectivity index (χ3v) is 3.84. The van der Waals surface area contributed by atoms with Crippen LogP contribution in [-0.2, 0) is 0 Å². The van der Waals surface area contributed by atoms with Gasteiger partial charge in [-0.1, -0.05) is 36.7 Å². The van der Waals surface area contributed by atoms with Crippen LogP contribution in [0, 0.1) is 0 Å². The average molecular weight is 376 g/mol. The largest absolute Gasteiger partial charge is 0.493 e. The summed E-state index contributed by atoms with van der Waals surface area (Å²) in [7, 11) is 1.54. The molecule has 0 aromatic heterocycles. The Labute approximate surface area is 158 Å². The normalized spacial score (nSPS) is 11.8. The molecule has 2 aromatic rings. The van der Waals surface area contributed by atoms with Crippen LogP contribution in [0.4, 0.5) is 10.5 Å². The molecule has 0 saturated carbocycles. The van der Waals surface area contributed by atoms with Gasteiger partial charge in [0.1, 0.15) is 0 Å². The number of ether oxygens (including phenoxy) is 2. The van der Waals surface area contributed by atoms with E-state index in [1.165, 1.54) is 6.21 Å². The Kier molecular flexibility index (Phi) is 7.29. The maximum absolute atomic E-state index is 11.8. The summed E-state index contributed by atoms with van der Waals surface area (Å²) in [4.78, 5) is 11.8. The van der Waals surface area contributed by atoms with Gasteiger partial charge in [-0.05, 0) is 43.2 Å². The van der Waals surface area contributed by atoms with Crippen LogP contribution in [0.1, 0.15) is 25.8 Å². The number of carbonyl (C=O) groups is 1. The summed E-state index contributed by atoms with van der Waals surface area (Å²) < 4.78 is 11.1. The Morgan fingerprint density at radius 3 is 2.69 bits per heavy atom. The second kappa shape index (κ2) is 9.68. The van der Waals surface area contributed by atoms with Crippen LogP contribution in [0.15, 0.2) is 47.6 Å². The number of methoxy groups -OCH3 is 1. The lowest BCUT2D eigenvalue weighted by atomic mass is 10.2. The summed E-state index contributed by atoms with van der Waals surface area (Å²) >= 11 is 6.30. The van der Waals surface area contributed by atoms with E-state index in [0.717, 1.165) is 6.42 Å². The lowest BCUT2D eigenvalue weighted by Gasteiger charge is -2.17. The minimum absolute atomic E-state index is 0.0178. The Morgan fingerprint density at radius 1 is 1.31 bits per heavy atom. The molecule has 2 amide bonds. The van der Waals surface area contributed by atoms with Crippen molar-refractivity contribution in [3.63, 3.8) is 0 Å². The number of urea groups is 1. The van der Waals surface area contributed by atoms with Gasteiger partial charge in [0.05, 0.1) is 24.5 Å². The number of hydrogen-bond acceptors (Lipinski definition) is 4. The van der Waals surface area contributed by atoms with Crippen LogP contribution in [0.3, 0.4) is 0 Å². The SMILES string of the molecule is CC[C@H](C)Oc1c(Cl)cc(/C=N/NC(=O)Nc2ccccc2)cc1OC. The number of hydrazone groups is 1. The number of halogens is 1. The smallest absolute Gasteiger partial charge is 0.339 e. The van der Waals surface area contributed by atoms with Gasteiger partial charge in [-0.15, -0.1) is 0 Å². The molecule has 0 bridgehead atoms. The average Bonchev–Trinajstić information content (AvgIpc) is 2.64. The second-order valence-corrected chi connectivity index (χ2v) is 5.97. The monoisotopic (exact) mass is 375 g/mol. The molecule has 0 fully saturated rings. The minimum atomic E-state index is -0.442. The highest BCUT2D eigenvalue weighted by molar-refractivity contribution is 6.32. The van der Waals surface area contributed by atoms with Crippen LogP contribution in [-0.4, -0.2) is 25.5 Å². The number of anilines is 1. The number of benzene rings is 2. The van der Waals surface area contributed by atoms with Crippen molar-refractivity contribution < 1.29 is 14.3 Å². The molecule has 2 N–H and O–H groups in total. The Balaban J connectivity index is 2.03. The van der Waals surface area contributed by atoms with Crippen molar-refractivity contribution in [1.29, 1.82) is 0 Å². The lowest BCUT2D eigenvalue weighted by molar-refractivity contribution is 0.208. The number of nitrogens with zero attached hydrogens (tertiary/aromatic N) is 1. The first-order chi connectivity index (χ1) is 12.5. The molecule has 26 heavy (non-hydrogen) atoms. The molecule has 7 heteroatoms. The molecule has 0 aliphatic carbocycles. The van der Waals surface area contributed by atoms with Crippen molar-refractivity contribution in [2.75, 3.05) is 12.4 Å². The highest BCUT2D eigenvalue weighted by atomic mass is 35.5. The van der Waals surface area contributed by atoms with E-state index in [9.17, 15) is 4.79 Å². The summed E-state index contributed by atoms with van der Waals surface area (Å²) in [6, 6.07) is 12.1. The van der Waals surface area contributed by atoms with Gasteiger partial charge in [0, 0.05) is 5.69 Å². The fourth-order valence-electron chi connectivity index (χ4n) is 2.06. The summed E-state index contributed by atoms with van der Waals surface area (Å²) in [6.45, 7) is 3.98. The quantitative estimate of drug-likeness (QED) is 0.545. The highest BCUT2D eigenvalue weighted by Gasteiger charge is 2.14. The van der Waals surface area contributed by atoms with Crippen LogP contribution in [0.5, 0.6) is 11.5 Å². The lowest BCUT2D eigenvalue weighted by Crippen LogP contribution is -2.24. The molecule has 0 saturated heterocycles. The van der Waals surface area contributed by atoms with Crippen molar-refractivity contribution >= 4 is 29.5 Å². The van der Waals surface area contributed by atoms with Gasteiger partial charge in [0.25, 0.3) is 0 Å². The van der Waals surface area contributed by atoms with E-state index in [1.54, 1.807) is 31.4 Å². The van der Waals surface area contributed by atoms with Gasteiger partial charge in [-0.25, -0.2) is 10.2 Å².